The molecule has 7 nitrogen and oxygen atoms in total. The first-order chi connectivity index (χ1) is 16.2. The number of hydrogen-bond acceptors (Lipinski definition) is 7. The van der Waals surface area contributed by atoms with Gasteiger partial charge in [-0.15, -0.1) is 11.3 Å². The zero-order chi connectivity index (χ0) is 23.0. The van der Waals surface area contributed by atoms with Gasteiger partial charge >= 0.3 is 0 Å². The number of amides is 1. The van der Waals surface area contributed by atoms with Gasteiger partial charge in [-0.25, -0.2) is 4.98 Å². The van der Waals surface area contributed by atoms with E-state index in [1.165, 1.54) is 17.0 Å². The van der Waals surface area contributed by atoms with E-state index >= 15 is 0 Å². The topological polar surface area (TPSA) is 66.9 Å². The highest BCUT2D eigenvalue weighted by Crippen LogP contribution is 2.33. The van der Waals surface area contributed by atoms with Crippen LogP contribution in [0.4, 0.5) is 5.69 Å². The van der Waals surface area contributed by atoms with Gasteiger partial charge in [0.05, 0.1) is 26.3 Å². The molecule has 0 saturated carbocycles. The summed E-state index contributed by atoms with van der Waals surface area (Å²) in [7, 11) is 3.23. The molecule has 3 aromatic rings. The van der Waals surface area contributed by atoms with E-state index in [1.807, 2.05) is 29.6 Å². The van der Waals surface area contributed by atoms with Gasteiger partial charge in [0.15, 0.2) is 11.5 Å². The lowest BCUT2D eigenvalue weighted by Crippen LogP contribution is -2.48. The number of piperazine rings is 1. The number of hydrogen-bond donors (Lipinski definition) is 1. The number of thiazole rings is 1. The number of ether oxygens (including phenoxy) is 2. The Labute approximate surface area is 199 Å². The molecule has 0 bridgehead atoms. The van der Waals surface area contributed by atoms with Crippen LogP contribution in [0.2, 0.25) is 0 Å². The van der Waals surface area contributed by atoms with Crippen molar-refractivity contribution in [1.82, 2.24) is 15.2 Å². The van der Waals surface area contributed by atoms with Gasteiger partial charge in [-0.1, -0.05) is 18.2 Å². The number of nitrogens with zero attached hydrogens (tertiary/aromatic N) is 3. The Morgan fingerprint density at radius 2 is 1.79 bits per heavy atom. The average Bonchev–Trinajstić information content (AvgIpc) is 3.33. The number of benzene rings is 2. The van der Waals surface area contributed by atoms with Gasteiger partial charge in [-0.3, -0.25) is 9.69 Å². The van der Waals surface area contributed by atoms with Crippen LogP contribution in [-0.4, -0.2) is 69.3 Å². The second-order valence-electron chi connectivity index (χ2n) is 7.90. The number of carbonyl (C=O) groups excluding carboxylic acids is 1. The molecule has 1 amide bonds. The molecule has 1 aliphatic heterocycles. The zero-order valence-electron chi connectivity index (χ0n) is 19.1. The Balaban J connectivity index is 1.21. The Kier molecular flexibility index (Phi) is 7.80. The SMILES string of the molecule is COc1ccc(-c2nc(CC(=O)NCCN3CCN(c4ccccc4)CC3)cs2)cc1OC. The molecule has 2 heterocycles. The normalized spacial score (nSPS) is 14.2. The summed E-state index contributed by atoms with van der Waals surface area (Å²) in [4.78, 5) is 21.9. The largest absolute Gasteiger partial charge is 0.493 e. The van der Waals surface area contributed by atoms with Crippen molar-refractivity contribution in [2.24, 2.45) is 0 Å². The summed E-state index contributed by atoms with van der Waals surface area (Å²) >= 11 is 1.52. The predicted molar refractivity (Wildman–Crippen MR) is 132 cm³/mol. The molecule has 1 aliphatic rings. The fourth-order valence-corrected chi connectivity index (χ4v) is 4.76. The summed E-state index contributed by atoms with van der Waals surface area (Å²) in [6.07, 6.45) is 0.283. The van der Waals surface area contributed by atoms with Crippen molar-refractivity contribution in [3.8, 4) is 22.1 Å². The van der Waals surface area contributed by atoms with Crippen LogP contribution in [0.15, 0.2) is 53.9 Å². The first-order valence-corrected chi connectivity index (χ1v) is 12.0. The van der Waals surface area contributed by atoms with Gasteiger partial charge in [0.1, 0.15) is 5.01 Å². The molecule has 1 N–H and O–H groups in total. The Morgan fingerprint density at radius 1 is 1.03 bits per heavy atom. The molecule has 0 radical (unpaired) electrons. The van der Waals surface area contributed by atoms with E-state index in [1.54, 1.807) is 14.2 Å². The average molecular weight is 467 g/mol. The van der Waals surface area contributed by atoms with Crippen molar-refractivity contribution in [1.29, 1.82) is 0 Å². The van der Waals surface area contributed by atoms with Gasteiger partial charge in [0, 0.05) is 55.9 Å². The standard InChI is InChI=1S/C25H30N4O3S/c1-31-22-9-8-19(16-23(22)32-2)25-27-20(18-33-25)17-24(30)26-10-11-28-12-14-29(15-13-28)21-6-4-3-5-7-21/h3-9,16,18H,10-15,17H2,1-2H3,(H,26,30). The fraction of sp³-hybridized carbons (Fsp3) is 0.360. The van der Waals surface area contributed by atoms with Gasteiger partial charge in [-0.05, 0) is 30.3 Å². The van der Waals surface area contributed by atoms with Crippen molar-refractivity contribution in [3.05, 3.63) is 59.6 Å². The molecular formula is C25H30N4O3S. The van der Waals surface area contributed by atoms with E-state index in [9.17, 15) is 4.79 Å². The Hall–Kier alpha value is -3.10. The Bertz CT molecular complexity index is 1050. The quantitative estimate of drug-likeness (QED) is 0.522. The van der Waals surface area contributed by atoms with Crippen LogP contribution < -0.4 is 19.7 Å². The second kappa shape index (κ2) is 11.2. The molecule has 1 saturated heterocycles. The van der Waals surface area contributed by atoms with Gasteiger partial charge in [0.2, 0.25) is 5.91 Å². The van der Waals surface area contributed by atoms with Crippen molar-refractivity contribution in [2.45, 2.75) is 6.42 Å². The maximum atomic E-state index is 12.4. The number of para-hydroxylation sites is 1. The molecule has 1 aromatic heterocycles. The number of nitrogens with one attached hydrogen (secondary N) is 1. The second-order valence-corrected chi connectivity index (χ2v) is 8.76. The summed E-state index contributed by atoms with van der Waals surface area (Å²) in [6.45, 7) is 5.54. The number of aromatic nitrogens is 1. The maximum Gasteiger partial charge on any atom is 0.226 e. The molecule has 1 fully saturated rings. The minimum absolute atomic E-state index is 0.00193. The minimum atomic E-state index is 0.00193. The van der Waals surface area contributed by atoms with Gasteiger partial charge in [0.25, 0.3) is 0 Å². The van der Waals surface area contributed by atoms with Crippen LogP contribution in [0.1, 0.15) is 5.69 Å². The smallest absolute Gasteiger partial charge is 0.226 e. The van der Waals surface area contributed by atoms with E-state index in [-0.39, 0.29) is 12.3 Å². The number of rotatable bonds is 9. The third-order valence-corrected chi connectivity index (χ3v) is 6.71. The summed E-state index contributed by atoms with van der Waals surface area (Å²) in [5.74, 6) is 1.34. The third kappa shape index (κ3) is 6.03. The van der Waals surface area contributed by atoms with Crippen molar-refractivity contribution >= 4 is 22.9 Å². The molecule has 4 rings (SSSR count). The first-order valence-electron chi connectivity index (χ1n) is 11.1. The van der Waals surface area contributed by atoms with Crippen LogP contribution in [-0.2, 0) is 11.2 Å². The molecule has 0 aliphatic carbocycles. The molecule has 2 aromatic carbocycles. The maximum absolute atomic E-state index is 12.4. The van der Waals surface area contributed by atoms with Gasteiger partial charge in [-0.2, -0.15) is 0 Å². The summed E-state index contributed by atoms with van der Waals surface area (Å²) in [6, 6.07) is 16.2. The molecule has 174 valence electrons. The zero-order valence-corrected chi connectivity index (χ0v) is 19.9. The van der Waals surface area contributed by atoms with Crippen molar-refractivity contribution in [2.75, 3.05) is 58.4 Å². The monoisotopic (exact) mass is 466 g/mol. The van der Waals surface area contributed by atoms with Crippen LogP contribution in [0, 0.1) is 0 Å². The number of carbonyl (C=O) groups is 1. The fourth-order valence-electron chi connectivity index (χ4n) is 3.94. The van der Waals surface area contributed by atoms with E-state index in [4.69, 9.17) is 9.47 Å². The third-order valence-electron chi connectivity index (χ3n) is 5.77. The lowest BCUT2D eigenvalue weighted by Gasteiger charge is -2.36. The highest BCUT2D eigenvalue weighted by Gasteiger charge is 2.17. The van der Waals surface area contributed by atoms with E-state index in [0.717, 1.165) is 49.0 Å². The first kappa shape index (κ1) is 23.1. The lowest BCUT2D eigenvalue weighted by molar-refractivity contribution is -0.120. The Morgan fingerprint density at radius 3 is 2.52 bits per heavy atom. The summed E-state index contributed by atoms with van der Waals surface area (Å²) in [5.41, 5.74) is 3.00. The van der Waals surface area contributed by atoms with Crippen LogP contribution >= 0.6 is 11.3 Å². The van der Waals surface area contributed by atoms with E-state index < -0.39 is 0 Å². The molecule has 0 unspecified atom stereocenters. The van der Waals surface area contributed by atoms with Crippen molar-refractivity contribution in [3.63, 3.8) is 0 Å². The number of anilines is 1. The highest BCUT2D eigenvalue weighted by molar-refractivity contribution is 7.13. The van der Waals surface area contributed by atoms with Gasteiger partial charge < -0.3 is 19.7 Å². The molecule has 33 heavy (non-hydrogen) atoms. The molecular weight excluding hydrogens is 436 g/mol. The van der Waals surface area contributed by atoms with Crippen LogP contribution in [0.25, 0.3) is 10.6 Å². The lowest BCUT2D eigenvalue weighted by atomic mass is 10.2. The summed E-state index contributed by atoms with van der Waals surface area (Å²) < 4.78 is 10.7. The van der Waals surface area contributed by atoms with Crippen LogP contribution in [0.3, 0.4) is 0 Å². The molecule has 0 atom stereocenters. The van der Waals surface area contributed by atoms with E-state index in [0.29, 0.717) is 18.0 Å². The minimum Gasteiger partial charge on any atom is -0.493 e. The van der Waals surface area contributed by atoms with E-state index in [2.05, 4.69) is 44.4 Å². The highest BCUT2D eigenvalue weighted by atomic mass is 32.1. The number of methoxy groups -OCH3 is 2. The molecule has 8 heteroatoms. The van der Waals surface area contributed by atoms with Crippen molar-refractivity contribution < 1.29 is 14.3 Å². The predicted octanol–water partition coefficient (Wildman–Crippen LogP) is 3.31. The summed E-state index contributed by atoms with van der Waals surface area (Å²) in [5, 5.41) is 5.83. The molecule has 0 spiro atoms. The van der Waals surface area contributed by atoms with Crippen LogP contribution in [0.5, 0.6) is 11.5 Å².